The highest BCUT2D eigenvalue weighted by molar-refractivity contribution is 6.42. The first kappa shape index (κ1) is 17.4. The van der Waals surface area contributed by atoms with E-state index in [0.717, 1.165) is 5.56 Å². The molecule has 1 saturated heterocycles. The highest BCUT2D eigenvalue weighted by Crippen LogP contribution is 2.37. The van der Waals surface area contributed by atoms with Crippen LogP contribution in [0.4, 0.5) is 11.4 Å². The summed E-state index contributed by atoms with van der Waals surface area (Å²) in [7, 11) is 0. The largest absolute Gasteiger partial charge is 0.277 e. The molecule has 124 valence electrons. The van der Waals surface area contributed by atoms with Crippen molar-refractivity contribution in [2.75, 3.05) is 5.01 Å². The summed E-state index contributed by atoms with van der Waals surface area (Å²) in [6, 6.07) is 8.54. The molecule has 0 aliphatic carbocycles. The Labute approximate surface area is 158 Å². The van der Waals surface area contributed by atoms with E-state index in [2.05, 4.69) is 10.4 Å². The van der Waals surface area contributed by atoms with Gasteiger partial charge in [-0.15, -0.1) is 0 Å². The van der Waals surface area contributed by atoms with Crippen LogP contribution >= 0.6 is 46.4 Å². The second-order valence-electron chi connectivity index (χ2n) is 5.25. The first-order valence-corrected chi connectivity index (χ1v) is 8.44. The van der Waals surface area contributed by atoms with E-state index in [4.69, 9.17) is 46.4 Å². The molecule has 8 heteroatoms. The molecule has 0 saturated carbocycles. The number of carbonyl (C=O) groups is 1. The average molecular weight is 403 g/mol. The maximum absolute atomic E-state index is 12.3. The number of hydrogen-bond donors (Lipinski definition) is 1. The van der Waals surface area contributed by atoms with Crippen molar-refractivity contribution in [3.05, 3.63) is 56.0 Å². The summed E-state index contributed by atoms with van der Waals surface area (Å²) >= 11 is 24.4. The van der Waals surface area contributed by atoms with Gasteiger partial charge in [0.05, 0.1) is 27.2 Å². The van der Waals surface area contributed by atoms with Gasteiger partial charge in [0.2, 0.25) is 0 Å². The predicted octanol–water partition coefficient (Wildman–Crippen LogP) is 5.58. The minimum atomic E-state index is -0.233. The number of benzene rings is 2. The number of anilines is 1. The van der Waals surface area contributed by atoms with Crippen molar-refractivity contribution in [2.24, 2.45) is 4.99 Å². The lowest BCUT2D eigenvalue weighted by atomic mass is 10.2. The van der Waals surface area contributed by atoms with Gasteiger partial charge in [0.15, 0.2) is 0 Å². The molecule has 1 heterocycles. The standard InChI is InChI=1S/C16H11Cl4N3O/c1-8-2-3-13(10(18)4-8)21-14-7-15(24)23(22-14)16-11(19)5-9(17)6-12(16)20/h2-6H,7H2,1H3,(H,21,22). The summed E-state index contributed by atoms with van der Waals surface area (Å²) in [5.74, 6) is 0.218. The Kier molecular flexibility index (Phi) is 4.92. The maximum atomic E-state index is 12.3. The molecule has 4 nitrogen and oxygen atoms in total. The number of hydrazine groups is 1. The number of aliphatic imine (C=N–C) groups is 1. The smallest absolute Gasteiger partial charge is 0.253 e. The van der Waals surface area contributed by atoms with Crippen molar-refractivity contribution in [1.82, 2.24) is 5.43 Å². The summed E-state index contributed by atoms with van der Waals surface area (Å²) in [5, 5.41) is 2.70. The van der Waals surface area contributed by atoms with Gasteiger partial charge in [-0.05, 0) is 36.8 Å². The molecule has 1 aliphatic heterocycles. The van der Waals surface area contributed by atoms with Crippen LogP contribution in [0.1, 0.15) is 12.0 Å². The molecular weight excluding hydrogens is 392 g/mol. The Morgan fingerprint density at radius 3 is 2.33 bits per heavy atom. The van der Waals surface area contributed by atoms with E-state index in [1.54, 1.807) is 6.07 Å². The summed E-state index contributed by atoms with van der Waals surface area (Å²) in [6.07, 6.45) is 0.0828. The van der Waals surface area contributed by atoms with Gasteiger partial charge in [-0.2, -0.15) is 0 Å². The van der Waals surface area contributed by atoms with Gasteiger partial charge in [-0.25, -0.2) is 10.0 Å². The Morgan fingerprint density at radius 2 is 1.71 bits per heavy atom. The molecule has 0 atom stereocenters. The number of nitrogens with one attached hydrogen (secondary N) is 1. The van der Waals surface area contributed by atoms with Crippen LogP contribution in [0.5, 0.6) is 0 Å². The third kappa shape index (κ3) is 3.47. The fourth-order valence-corrected chi connectivity index (χ4v) is 3.56. The summed E-state index contributed by atoms with van der Waals surface area (Å²) in [4.78, 5) is 16.7. The first-order chi connectivity index (χ1) is 11.3. The highest BCUT2D eigenvalue weighted by Gasteiger charge is 2.30. The molecule has 24 heavy (non-hydrogen) atoms. The summed E-state index contributed by atoms with van der Waals surface area (Å²) in [6.45, 7) is 1.94. The van der Waals surface area contributed by atoms with E-state index in [-0.39, 0.29) is 22.4 Å². The monoisotopic (exact) mass is 401 g/mol. The van der Waals surface area contributed by atoms with Gasteiger partial charge >= 0.3 is 0 Å². The van der Waals surface area contributed by atoms with Crippen LogP contribution in [-0.4, -0.2) is 11.7 Å². The molecule has 1 N–H and O–H groups in total. The Hall–Kier alpha value is -1.46. The molecule has 1 fully saturated rings. The summed E-state index contributed by atoms with van der Waals surface area (Å²) in [5.41, 5.74) is 4.86. The molecule has 0 aromatic heterocycles. The van der Waals surface area contributed by atoms with Crippen molar-refractivity contribution in [3.63, 3.8) is 0 Å². The van der Waals surface area contributed by atoms with E-state index in [1.807, 2.05) is 19.1 Å². The minimum absolute atomic E-state index is 0.0828. The lowest BCUT2D eigenvalue weighted by Gasteiger charge is -2.19. The zero-order chi connectivity index (χ0) is 17.4. The average Bonchev–Trinajstić information content (AvgIpc) is 2.82. The predicted molar refractivity (Wildman–Crippen MR) is 100.0 cm³/mol. The van der Waals surface area contributed by atoms with E-state index in [1.165, 1.54) is 17.1 Å². The van der Waals surface area contributed by atoms with Crippen molar-refractivity contribution in [3.8, 4) is 0 Å². The number of nitrogens with zero attached hydrogens (tertiary/aromatic N) is 2. The number of amides is 1. The summed E-state index contributed by atoms with van der Waals surface area (Å²) < 4.78 is 0. The Morgan fingerprint density at radius 1 is 1.04 bits per heavy atom. The molecular formula is C16H11Cl4N3O. The lowest BCUT2D eigenvalue weighted by Crippen LogP contribution is -2.36. The van der Waals surface area contributed by atoms with Gasteiger partial charge in [0.25, 0.3) is 5.91 Å². The van der Waals surface area contributed by atoms with E-state index >= 15 is 0 Å². The van der Waals surface area contributed by atoms with Gasteiger partial charge in [-0.3, -0.25) is 10.2 Å². The van der Waals surface area contributed by atoms with E-state index < -0.39 is 0 Å². The van der Waals surface area contributed by atoms with Crippen LogP contribution in [0, 0.1) is 6.92 Å². The second kappa shape index (κ2) is 6.81. The SMILES string of the molecule is Cc1ccc(N=C2CC(=O)N(c3c(Cl)cc(Cl)cc3Cl)N2)c(Cl)c1. The maximum Gasteiger partial charge on any atom is 0.253 e. The van der Waals surface area contributed by atoms with E-state index in [0.29, 0.717) is 27.3 Å². The number of amidine groups is 1. The van der Waals surface area contributed by atoms with Crippen LogP contribution < -0.4 is 10.4 Å². The number of rotatable bonds is 2. The van der Waals surface area contributed by atoms with Gasteiger partial charge in [0, 0.05) is 5.02 Å². The van der Waals surface area contributed by atoms with Gasteiger partial charge in [-0.1, -0.05) is 52.5 Å². The van der Waals surface area contributed by atoms with Crippen LogP contribution in [0.3, 0.4) is 0 Å². The van der Waals surface area contributed by atoms with Crippen LogP contribution in [-0.2, 0) is 4.79 Å². The molecule has 0 spiro atoms. The van der Waals surface area contributed by atoms with Crippen LogP contribution in [0.25, 0.3) is 0 Å². The normalized spacial score (nSPS) is 16.0. The van der Waals surface area contributed by atoms with Crippen LogP contribution in [0.2, 0.25) is 20.1 Å². The fraction of sp³-hybridized carbons (Fsp3) is 0.125. The molecule has 0 bridgehead atoms. The molecule has 0 unspecified atom stereocenters. The molecule has 2 aromatic rings. The Balaban J connectivity index is 1.93. The van der Waals surface area contributed by atoms with Crippen molar-refractivity contribution < 1.29 is 4.79 Å². The van der Waals surface area contributed by atoms with Crippen molar-refractivity contribution >= 4 is 69.5 Å². The quantitative estimate of drug-likeness (QED) is 0.712. The fourth-order valence-electron chi connectivity index (χ4n) is 2.29. The third-order valence-electron chi connectivity index (χ3n) is 3.37. The van der Waals surface area contributed by atoms with Gasteiger partial charge in [0.1, 0.15) is 11.5 Å². The number of hydrogen-bond acceptors (Lipinski definition) is 2. The van der Waals surface area contributed by atoms with Crippen molar-refractivity contribution in [2.45, 2.75) is 13.3 Å². The van der Waals surface area contributed by atoms with Gasteiger partial charge < -0.3 is 0 Å². The number of carbonyl (C=O) groups excluding carboxylic acids is 1. The molecule has 1 aliphatic rings. The topological polar surface area (TPSA) is 44.7 Å². The molecule has 0 radical (unpaired) electrons. The van der Waals surface area contributed by atoms with Crippen LogP contribution in [0.15, 0.2) is 35.3 Å². The van der Waals surface area contributed by atoms with E-state index in [9.17, 15) is 4.79 Å². The lowest BCUT2D eigenvalue weighted by molar-refractivity contribution is -0.116. The second-order valence-corrected chi connectivity index (χ2v) is 6.91. The van der Waals surface area contributed by atoms with Crippen molar-refractivity contribution in [1.29, 1.82) is 0 Å². The highest BCUT2D eigenvalue weighted by atomic mass is 35.5. The zero-order valence-corrected chi connectivity index (χ0v) is 15.4. The number of halogens is 4. The molecule has 2 aromatic carbocycles. The molecule has 3 rings (SSSR count). The Bertz CT molecular complexity index is 843. The first-order valence-electron chi connectivity index (χ1n) is 6.93. The molecule has 1 amide bonds. The zero-order valence-electron chi connectivity index (χ0n) is 12.4. The number of aryl methyl sites for hydroxylation is 1. The third-order valence-corrected chi connectivity index (χ3v) is 4.47. The minimum Gasteiger partial charge on any atom is -0.277 e.